The van der Waals surface area contributed by atoms with Gasteiger partial charge < -0.3 is 5.11 Å². The first-order chi connectivity index (χ1) is 7.41. The predicted molar refractivity (Wildman–Crippen MR) is 55.6 cm³/mol. The van der Waals surface area contributed by atoms with Gasteiger partial charge in [-0.05, 0) is 17.7 Å². The Balaban J connectivity index is 3.23. The Labute approximate surface area is 93.9 Å². The third kappa shape index (κ3) is 2.67. The molecule has 8 heteroatoms. The van der Waals surface area contributed by atoms with Crippen LogP contribution in [0.15, 0.2) is 23.4 Å². The number of hydrogen-bond donors (Lipinski definition) is 1. The lowest BCUT2D eigenvalue weighted by atomic mass is 10.2. The summed E-state index contributed by atoms with van der Waals surface area (Å²) in [5, 5.41) is 29.2. The van der Waals surface area contributed by atoms with E-state index in [0.717, 1.165) is 24.3 Å². The minimum absolute atomic E-state index is 0.0871. The van der Waals surface area contributed by atoms with E-state index in [9.17, 15) is 25.3 Å². The van der Waals surface area contributed by atoms with Crippen LogP contribution in [0.2, 0.25) is 0 Å². The zero-order valence-electron chi connectivity index (χ0n) is 7.66. The van der Waals surface area contributed by atoms with E-state index in [2.05, 4.69) is 0 Å². The Hall–Kier alpha value is -2.15. The van der Waals surface area contributed by atoms with Gasteiger partial charge in [0.15, 0.2) is 0 Å². The first kappa shape index (κ1) is 11.9. The predicted octanol–water partition coefficient (Wildman–Crippen LogP) is 2.11. The van der Waals surface area contributed by atoms with E-state index < -0.39 is 15.0 Å². The number of phenolic OH excluding ortho intramolecular Hbond substituents is 1. The van der Waals surface area contributed by atoms with Gasteiger partial charge in [-0.1, -0.05) is 0 Å². The molecule has 0 aromatic heterocycles. The molecule has 0 atom stereocenters. The second-order valence-electron chi connectivity index (χ2n) is 2.72. The van der Waals surface area contributed by atoms with Gasteiger partial charge in [0.2, 0.25) is 0 Å². The summed E-state index contributed by atoms with van der Waals surface area (Å²) < 4.78 is 0. The summed E-state index contributed by atoms with van der Waals surface area (Å²) in [6, 6.07) is 3.13. The molecule has 0 radical (unpaired) electrons. The molecular weight excluding hydrogens is 240 g/mol. The normalized spacial score (nSPS) is 11.2. The number of halogens is 1. The lowest BCUT2D eigenvalue weighted by molar-refractivity contribution is -0.410. The minimum Gasteiger partial charge on any atom is -0.507 e. The highest BCUT2D eigenvalue weighted by atomic mass is 35.5. The highest BCUT2D eigenvalue weighted by Crippen LogP contribution is 2.25. The lowest BCUT2D eigenvalue weighted by Gasteiger charge is -1.98. The number of nitro benzene ring substituents is 1. The second kappa shape index (κ2) is 4.58. The van der Waals surface area contributed by atoms with Crippen LogP contribution in [-0.4, -0.2) is 15.0 Å². The molecular formula is C8H5ClN2O5. The number of aromatic hydroxyl groups is 1. The van der Waals surface area contributed by atoms with Crippen molar-refractivity contribution in [3.05, 3.63) is 49.1 Å². The molecule has 0 bridgehead atoms. The Kier molecular flexibility index (Phi) is 3.41. The molecule has 1 aromatic rings. The van der Waals surface area contributed by atoms with Gasteiger partial charge in [-0.2, -0.15) is 0 Å². The Morgan fingerprint density at radius 3 is 2.50 bits per heavy atom. The maximum Gasteiger partial charge on any atom is 0.337 e. The number of rotatable bonds is 3. The molecule has 0 heterocycles. The Morgan fingerprint density at radius 2 is 2.00 bits per heavy atom. The van der Waals surface area contributed by atoms with Gasteiger partial charge in [0.1, 0.15) is 5.75 Å². The van der Waals surface area contributed by atoms with Gasteiger partial charge in [0.05, 0.1) is 9.85 Å². The van der Waals surface area contributed by atoms with Gasteiger partial charge in [-0.25, -0.2) is 0 Å². The molecule has 84 valence electrons. The van der Waals surface area contributed by atoms with Crippen molar-refractivity contribution < 1.29 is 15.0 Å². The zero-order valence-corrected chi connectivity index (χ0v) is 8.42. The van der Waals surface area contributed by atoms with Crippen molar-refractivity contribution in [2.75, 3.05) is 0 Å². The smallest absolute Gasteiger partial charge is 0.337 e. The summed E-state index contributed by atoms with van der Waals surface area (Å²) in [4.78, 5) is 19.1. The maximum atomic E-state index is 10.4. The maximum absolute atomic E-state index is 10.4. The molecule has 0 aliphatic rings. The second-order valence-corrected chi connectivity index (χ2v) is 3.11. The molecule has 16 heavy (non-hydrogen) atoms. The molecule has 0 fully saturated rings. The van der Waals surface area contributed by atoms with Crippen molar-refractivity contribution in [3.63, 3.8) is 0 Å². The minimum atomic E-state index is -0.875. The summed E-state index contributed by atoms with van der Waals surface area (Å²) in [7, 11) is 0. The number of benzene rings is 1. The van der Waals surface area contributed by atoms with Gasteiger partial charge >= 0.3 is 5.16 Å². The van der Waals surface area contributed by atoms with Gasteiger partial charge in [-0.3, -0.25) is 20.2 Å². The highest BCUT2D eigenvalue weighted by molar-refractivity contribution is 6.29. The van der Waals surface area contributed by atoms with E-state index in [1.807, 2.05) is 0 Å². The molecule has 1 rings (SSSR count). The topological polar surface area (TPSA) is 107 Å². The zero-order chi connectivity index (χ0) is 12.3. The Morgan fingerprint density at radius 1 is 1.38 bits per heavy atom. The molecule has 0 aliphatic heterocycles. The summed E-state index contributed by atoms with van der Waals surface area (Å²) in [6.07, 6.45) is 0.837. The fourth-order valence-corrected chi connectivity index (χ4v) is 1.07. The molecule has 0 aliphatic carbocycles. The van der Waals surface area contributed by atoms with Crippen molar-refractivity contribution in [1.29, 1.82) is 0 Å². The van der Waals surface area contributed by atoms with E-state index in [0.29, 0.717) is 0 Å². The van der Waals surface area contributed by atoms with Gasteiger partial charge in [-0.15, -0.1) is 0 Å². The standard InChI is InChI=1S/C8H5ClN2O5/c9-8(11(15)16)4-5-3-6(10(13)14)1-2-7(5)12/h1-4,12H/b8-4+. The van der Waals surface area contributed by atoms with Crippen molar-refractivity contribution in [2.24, 2.45) is 0 Å². The van der Waals surface area contributed by atoms with Crippen molar-refractivity contribution in [1.82, 2.24) is 0 Å². The highest BCUT2D eigenvalue weighted by Gasteiger charge is 2.12. The van der Waals surface area contributed by atoms with Crippen LogP contribution in [-0.2, 0) is 0 Å². The monoisotopic (exact) mass is 244 g/mol. The molecule has 1 aromatic carbocycles. The molecule has 0 amide bonds. The number of phenols is 1. The van der Waals surface area contributed by atoms with Crippen molar-refractivity contribution in [3.8, 4) is 5.75 Å². The quantitative estimate of drug-likeness (QED) is 0.498. The first-order valence-electron chi connectivity index (χ1n) is 3.91. The van der Waals surface area contributed by atoms with Crippen LogP contribution in [0.5, 0.6) is 5.75 Å². The SMILES string of the molecule is O=[N+]([O-])/C(Cl)=C/c1cc([N+](=O)[O-])ccc1O. The van der Waals surface area contributed by atoms with Crippen molar-refractivity contribution in [2.45, 2.75) is 0 Å². The van der Waals surface area contributed by atoms with E-state index in [1.165, 1.54) is 0 Å². The van der Waals surface area contributed by atoms with Gasteiger partial charge in [0.25, 0.3) is 5.69 Å². The summed E-state index contributed by atoms with van der Waals surface area (Å²) >= 11 is 5.24. The molecule has 1 N–H and O–H groups in total. The Bertz CT molecular complexity index is 485. The number of hydrogen-bond acceptors (Lipinski definition) is 5. The number of nitro groups is 2. The molecule has 0 saturated carbocycles. The van der Waals surface area contributed by atoms with E-state index in [1.54, 1.807) is 0 Å². The van der Waals surface area contributed by atoms with Crippen molar-refractivity contribution >= 4 is 23.4 Å². The van der Waals surface area contributed by atoms with Crippen LogP contribution < -0.4 is 0 Å². The van der Waals surface area contributed by atoms with Crippen LogP contribution in [0, 0.1) is 20.2 Å². The van der Waals surface area contributed by atoms with E-state index in [-0.39, 0.29) is 17.0 Å². The summed E-state index contributed by atoms with van der Waals surface area (Å²) in [5.41, 5.74) is -0.382. The van der Waals surface area contributed by atoms with E-state index in [4.69, 9.17) is 11.6 Å². The molecule has 0 unspecified atom stereocenters. The molecule has 0 saturated heterocycles. The van der Waals surface area contributed by atoms with Gasteiger partial charge in [0, 0.05) is 23.8 Å². The number of nitrogens with zero attached hydrogens (tertiary/aromatic N) is 2. The largest absolute Gasteiger partial charge is 0.507 e. The average molecular weight is 245 g/mol. The van der Waals surface area contributed by atoms with Crippen LogP contribution >= 0.6 is 11.6 Å². The fraction of sp³-hybridized carbons (Fsp3) is 0. The van der Waals surface area contributed by atoms with Crippen LogP contribution in [0.25, 0.3) is 6.08 Å². The molecule has 7 nitrogen and oxygen atoms in total. The summed E-state index contributed by atoms with van der Waals surface area (Å²) in [5.74, 6) is -0.328. The third-order valence-corrected chi connectivity index (χ3v) is 1.92. The first-order valence-corrected chi connectivity index (χ1v) is 4.28. The van der Waals surface area contributed by atoms with E-state index >= 15 is 0 Å². The third-order valence-electron chi connectivity index (χ3n) is 1.67. The lowest BCUT2D eigenvalue weighted by Crippen LogP contribution is -1.92. The average Bonchev–Trinajstić information content (AvgIpc) is 2.20. The van der Waals surface area contributed by atoms with Crippen LogP contribution in [0.1, 0.15) is 5.56 Å². The molecule has 0 spiro atoms. The number of non-ortho nitro benzene ring substituents is 1. The van der Waals surface area contributed by atoms with Crippen LogP contribution in [0.4, 0.5) is 5.69 Å². The van der Waals surface area contributed by atoms with Crippen LogP contribution in [0.3, 0.4) is 0 Å². The summed E-state index contributed by atoms with van der Waals surface area (Å²) in [6.45, 7) is 0. The fourth-order valence-electron chi connectivity index (χ4n) is 0.952.